The Labute approximate surface area is 154 Å². The van der Waals surface area contributed by atoms with Crippen LogP contribution in [-0.2, 0) is 0 Å². The average molecular weight is 348 g/mol. The van der Waals surface area contributed by atoms with Crippen LogP contribution in [0.1, 0.15) is 31.2 Å². The molecule has 0 heterocycles. The third-order valence-electron chi connectivity index (χ3n) is 5.30. The van der Waals surface area contributed by atoms with E-state index in [0.29, 0.717) is 0 Å². The van der Waals surface area contributed by atoms with Crippen LogP contribution in [0, 0.1) is 0 Å². The van der Waals surface area contributed by atoms with Crippen LogP contribution in [0.5, 0.6) is 17.2 Å². The first-order chi connectivity index (χ1) is 12.7. The molecule has 3 aromatic carbocycles. The zero-order chi connectivity index (χ0) is 18.1. The van der Waals surface area contributed by atoms with Crippen molar-refractivity contribution in [3.05, 3.63) is 47.5 Å². The number of hydrogen-bond acceptors (Lipinski definition) is 3. The standard InChI is InChI=1S/C23H24O3/c1-24-18-9-8-16-11-17(10-15-6-4-5-7-15)20-13-22(25-2)23(26-3)14-21(20)19(16)12-18/h8-14H,4-7H2,1-3H3. The van der Waals surface area contributed by atoms with Crippen molar-refractivity contribution < 1.29 is 14.2 Å². The van der Waals surface area contributed by atoms with E-state index in [1.165, 1.54) is 47.6 Å². The third kappa shape index (κ3) is 2.88. The molecular formula is C23H24O3. The summed E-state index contributed by atoms with van der Waals surface area (Å²) >= 11 is 0. The summed E-state index contributed by atoms with van der Waals surface area (Å²) in [5, 5.41) is 4.70. The highest BCUT2D eigenvalue weighted by molar-refractivity contribution is 6.12. The lowest BCUT2D eigenvalue weighted by Crippen LogP contribution is -1.93. The Morgan fingerprint density at radius 2 is 1.42 bits per heavy atom. The highest BCUT2D eigenvalue weighted by Gasteiger charge is 2.14. The van der Waals surface area contributed by atoms with E-state index in [1.54, 1.807) is 21.3 Å². The molecule has 26 heavy (non-hydrogen) atoms. The SMILES string of the molecule is COc1ccc2cc(C=C3CCCC3)c3cc(OC)c(OC)cc3c2c1. The molecule has 0 spiro atoms. The lowest BCUT2D eigenvalue weighted by Gasteiger charge is -2.14. The van der Waals surface area contributed by atoms with Gasteiger partial charge in [0.2, 0.25) is 0 Å². The molecule has 0 radical (unpaired) electrons. The fourth-order valence-electron chi connectivity index (χ4n) is 3.92. The molecular weight excluding hydrogens is 324 g/mol. The molecule has 0 saturated heterocycles. The number of allylic oxidation sites excluding steroid dienone is 1. The van der Waals surface area contributed by atoms with Gasteiger partial charge in [-0.25, -0.2) is 0 Å². The van der Waals surface area contributed by atoms with E-state index in [2.05, 4.69) is 36.4 Å². The molecule has 3 aromatic rings. The molecule has 0 aromatic heterocycles. The zero-order valence-corrected chi connectivity index (χ0v) is 15.6. The van der Waals surface area contributed by atoms with Crippen molar-refractivity contribution in [3.63, 3.8) is 0 Å². The van der Waals surface area contributed by atoms with Crippen LogP contribution in [0.15, 0.2) is 42.0 Å². The number of ether oxygens (including phenoxy) is 3. The van der Waals surface area contributed by atoms with Crippen LogP contribution < -0.4 is 14.2 Å². The number of methoxy groups -OCH3 is 3. The van der Waals surface area contributed by atoms with Gasteiger partial charge in [-0.3, -0.25) is 0 Å². The average Bonchev–Trinajstić information content (AvgIpc) is 3.19. The number of hydrogen-bond donors (Lipinski definition) is 0. The molecule has 3 nitrogen and oxygen atoms in total. The van der Waals surface area contributed by atoms with Crippen molar-refractivity contribution in [1.82, 2.24) is 0 Å². The summed E-state index contributed by atoms with van der Waals surface area (Å²) in [5.74, 6) is 2.36. The van der Waals surface area contributed by atoms with E-state index in [9.17, 15) is 0 Å². The van der Waals surface area contributed by atoms with Gasteiger partial charge in [0.1, 0.15) is 5.75 Å². The first-order valence-corrected chi connectivity index (χ1v) is 9.09. The van der Waals surface area contributed by atoms with Crippen molar-refractivity contribution in [2.45, 2.75) is 25.7 Å². The molecule has 0 bridgehead atoms. The monoisotopic (exact) mass is 348 g/mol. The lowest BCUT2D eigenvalue weighted by molar-refractivity contribution is 0.356. The molecule has 0 amide bonds. The Kier molecular flexibility index (Phi) is 4.46. The van der Waals surface area contributed by atoms with Crippen molar-refractivity contribution >= 4 is 27.6 Å². The first-order valence-electron chi connectivity index (χ1n) is 9.09. The maximum atomic E-state index is 5.56. The van der Waals surface area contributed by atoms with E-state index < -0.39 is 0 Å². The first kappa shape index (κ1) is 16.8. The Morgan fingerprint density at radius 3 is 2.08 bits per heavy atom. The fourth-order valence-corrected chi connectivity index (χ4v) is 3.92. The van der Waals surface area contributed by atoms with Crippen molar-refractivity contribution in [3.8, 4) is 17.2 Å². The maximum Gasteiger partial charge on any atom is 0.161 e. The van der Waals surface area contributed by atoms with Gasteiger partial charge < -0.3 is 14.2 Å². The normalized spacial score (nSPS) is 14.0. The second-order valence-corrected chi connectivity index (χ2v) is 6.82. The van der Waals surface area contributed by atoms with E-state index >= 15 is 0 Å². The van der Waals surface area contributed by atoms with Crippen LogP contribution in [0.3, 0.4) is 0 Å². The highest BCUT2D eigenvalue weighted by atomic mass is 16.5. The van der Waals surface area contributed by atoms with Gasteiger partial charge in [0, 0.05) is 0 Å². The summed E-state index contributed by atoms with van der Waals surface area (Å²) in [6.45, 7) is 0. The summed E-state index contributed by atoms with van der Waals surface area (Å²) in [6.07, 6.45) is 7.37. The predicted molar refractivity (Wildman–Crippen MR) is 108 cm³/mol. The van der Waals surface area contributed by atoms with Gasteiger partial charge in [0.15, 0.2) is 11.5 Å². The molecule has 134 valence electrons. The summed E-state index contributed by atoms with van der Waals surface area (Å²) in [4.78, 5) is 0. The molecule has 0 atom stereocenters. The molecule has 1 fully saturated rings. The van der Waals surface area contributed by atoms with Gasteiger partial charge in [0.25, 0.3) is 0 Å². The summed E-state index contributed by atoms with van der Waals surface area (Å²) < 4.78 is 16.6. The van der Waals surface area contributed by atoms with Crippen LogP contribution in [-0.4, -0.2) is 21.3 Å². The second kappa shape index (κ2) is 6.91. The van der Waals surface area contributed by atoms with Crippen LogP contribution in [0.4, 0.5) is 0 Å². The zero-order valence-electron chi connectivity index (χ0n) is 15.6. The van der Waals surface area contributed by atoms with Gasteiger partial charge in [0.05, 0.1) is 21.3 Å². The van der Waals surface area contributed by atoms with Crippen LogP contribution in [0.25, 0.3) is 27.6 Å². The molecule has 0 N–H and O–H groups in total. The Balaban J connectivity index is 2.06. The molecule has 4 rings (SSSR count). The second-order valence-electron chi connectivity index (χ2n) is 6.82. The molecule has 1 aliphatic rings. The topological polar surface area (TPSA) is 27.7 Å². The van der Waals surface area contributed by atoms with Gasteiger partial charge in [-0.15, -0.1) is 0 Å². The highest BCUT2D eigenvalue weighted by Crippen LogP contribution is 2.40. The van der Waals surface area contributed by atoms with E-state index in [0.717, 1.165) is 28.0 Å². The van der Waals surface area contributed by atoms with Crippen molar-refractivity contribution in [1.29, 1.82) is 0 Å². The minimum atomic E-state index is 0.745. The summed E-state index contributed by atoms with van der Waals surface area (Å²) in [7, 11) is 5.06. The smallest absolute Gasteiger partial charge is 0.161 e. The van der Waals surface area contributed by atoms with E-state index in [1.807, 2.05) is 6.07 Å². The Bertz CT molecular complexity index is 993. The summed E-state index contributed by atoms with van der Waals surface area (Å²) in [5.41, 5.74) is 2.78. The maximum absolute atomic E-state index is 5.56. The molecule has 0 aliphatic heterocycles. The lowest BCUT2D eigenvalue weighted by atomic mass is 9.95. The number of fused-ring (bicyclic) bond motifs is 3. The molecule has 1 aliphatic carbocycles. The Hall–Kier alpha value is -2.68. The number of benzene rings is 3. The molecule has 3 heteroatoms. The Morgan fingerprint density at radius 1 is 0.731 bits per heavy atom. The van der Waals surface area contributed by atoms with Crippen LogP contribution >= 0.6 is 0 Å². The summed E-state index contributed by atoms with van der Waals surface area (Å²) in [6, 6.07) is 12.7. The molecule has 1 saturated carbocycles. The quantitative estimate of drug-likeness (QED) is 0.543. The molecule has 0 unspecified atom stereocenters. The van der Waals surface area contributed by atoms with Gasteiger partial charge >= 0.3 is 0 Å². The minimum Gasteiger partial charge on any atom is -0.497 e. The number of rotatable bonds is 4. The van der Waals surface area contributed by atoms with Gasteiger partial charge in [-0.2, -0.15) is 0 Å². The van der Waals surface area contributed by atoms with E-state index in [-0.39, 0.29) is 0 Å². The van der Waals surface area contributed by atoms with Gasteiger partial charge in [-0.05, 0) is 83.1 Å². The largest absolute Gasteiger partial charge is 0.497 e. The van der Waals surface area contributed by atoms with Gasteiger partial charge in [-0.1, -0.05) is 17.7 Å². The predicted octanol–water partition coefficient (Wildman–Crippen LogP) is 5.98. The fraction of sp³-hybridized carbons (Fsp3) is 0.304. The van der Waals surface area contributed by atoms with Crippen LogP contribution in [0.2, 0.25) is 0 Å². The van der Waals surface area contributed by atoms with Crippen molar-refractivity contribution in [2.24, 2.45) is 0 Å². The third-order valence-corrected chi connectivity index (χ3v) is 5.30. The minimum absolute atomic E-state index is 0.745. The van der Waals surface area contributed by atoms with E-state index in [4.69, 9.17) is 14.2 Å². The van der Waals surface area contributed by atoms with Crippen molar-refractivity contribution in [2.75, 3.05) is 21.3 Å².